The summed E-state index contributed by atoms with van der Waals surface area (Å²) in [5.74, 6) is 0.321. The number of piperidine rings is 2. The van der Waals surface area contributed by atoms with Crippen LogP contribution in [0.25, 0.3) is 0 Å². The predicted molar refractivity (Wildman–Crippen MR) is 77.2 cm³/mol. The molecule has 20 heavy (non-hydrogen) atoms. The maximum absolute atomic E-state index is 12.2. The van der Waals surface area contributed by atoms with Crippen LogP contribution in [0.5, 0.6) is 0 Å². The number of hydrogen-bond acceptors (Lipinski definition) is 3. The van der Waals surface area contributed by atoms with Crippen molar-refractivity contribution >= 4 is 11.9 Å². The number of nitrogens with zero attached hydrogens (tertiary/aromatic N) is 2. The summed E-state index contributed by atoms with van der Waals surface area (Å²) < 4.78 is 0. The van der Waals surface area contributed by atoms with Crippen molar-refractivity contribution in [2.45, 2.75) is 38.6 Å². The van der Waals surface area contributed by atoms with Crippen LogP contribution in [0.1, 0.15) is 32.6 Å². The Labute approximate surface area is 120 Å². The van der Waals surface area contributed by atoms with E-state index in [0.29, 0.717) is 12.5 Å². The average molecular weight is 282 g/mol. The zero-order valence-corrected chi connectivity index (χ0v) is 12.3. The molecule has 114 valence electrons. The highest BCUT2D eigenvalue weighted by molar-refractivity contribution is 5.76. The highest BCUT2D eigenvalue weighted by Crippen LogP contribution is 2.16. The molecule has 3 amide bonds. The maximum atomic E-state index is 12.2. The molecule has 0 saturated carbocycles. The third-order valence-electron chi connectivity index (χ3n) is 4.24. The van der Waals surface area contributed by atoms with Gasteiger partial charge in [0.05, 0.1) is 6.54 Å². The molecule has 0 spiro atoms. The maximum Gasteiger partial charge on any atom is 0.317 e. The average Bonchev–Trinajstić information content (AvgIpc) is 2.40. The summed E-state index contributed by atoms with van der Waals surface area (Å²) in [5.41, 5.74) is 5.19. The Balaban J connectivity index is 1.72. The number of carbonyl (C=O) groups is 2. The van der Waals surface area contributed by atoms with E-state index in [9.17, 15) is 9.59 Å². The predicted octanol–water partition coefficient (Wildman–Crippen LogP) is 0.378. The molecule has 0 aliphatic carbocycles. The van der Waals surface area contributed by atoms with E-state index >= 15 is 0 Å². The van der Waals surface area contributed by atoms with Gasteiger partial charge in [0.25, 0.3) is 0 Å². The summed E-state index contributed by atoms with van der Waals surface area (Å²) in [7, 11) is 0. The molecule has 0 aromatic heterocycles. The third-order valence-corrected chi connectivity index (χ3v) is 4.24. The number of rotatable bonds is 3. The third kappa shape index (κ3) is 4.37. The highest BCUT2D eigenvalue weighted by atomic mass is 16.2. The van der Waals surface area contributed by atoms with Gasteiger partial charge >= 0.3 is 6.03 Å². The first-order chi connectivity index (χ1) is 9.54. The minimum Gasteiger partial charge on any atom is -0.369 e. The number of carbonyl (C=O) groups excluding carboxylic acids is 2. The van der Waals surface area contributed by atoms with Gasteiger partial charge in [-0.25, -0.2) is 4.79 Å². The fraction of sp³-hybridized carbons (Fsp3) is 0.857. The minimum absolute atomic E-state index is 0.0740. The molecular weight excluding hydrogens is 256 g/mol. The second kappa shape index (κ2) is 6.92. The second-order valence-electron chi connectivity index (χ2n) is 6.16. The van der Waals surface area contributed by atoms with E-state index in [1.165, 1.54) is 6.42 Å². The molecule has 2 aliphatic rings. The van der Waals surface area contributed by atoms with E-state index in [2.05, 4.69) is 12.2 Å². The number of hydrogen-bond donors (Lipinski definition) is 2. The van der Waals surface area contributed by atoms with Crippen LogP contribution in [-0.4, -0.2) is 60.5 Å². The molecule has 1 atom stereocenters. The first kappa shape index (κ1) is 15.1. The number of likely N-dealkylation sites (tertiary alicyclic amines) is 2. The van der Waals surface area contributed by atoms with Crippen molar-refractivity contribution < 1.29 is 9.59 Å². The lowest BCUT2D eigenvalue weighted by atomic mass is 10.0. The Hall–Kier alpha value is -1.30. The van der Waals surface area contributed by atoms with E-state index in [1.54, 1.807) is 0 Å². The molecule has 6 heteroatoms. The second-order valence-corrected chi connectivity index (χ2v) is 6.16. The topological polar surface area (TPSA) is 78.7 Å². The lowest BCUT2D eigenvalue weighted by molar-refractivity contribution is -0.119. The van der Waals surface area contributed by atoms with E-state index in [-0.39, 0.29) is 18.0 Å². The monoisotopic (exact) mass is 282 g/mol. The zero-order chi connectivity index (χ0) is 14.5. The number of nitrogens with two attached hydrogens (primary N) is 1. The number of amides is 3. The number of primary amides is 1. The highest BCUT2D eigenvalue weighted by Gasteiger charge is 2.25. The molecule has 2 rings (SSSR count). The lowest BCUT2D eigenvalue weighted by Crippen LogP contribution is -2.51. The summed E-state index contributed by atoms with van der Waals surface area (Å²) >= 11 is 0. The molecule has 2 fully saturated rings. The van der Waals surface area contributed by atoms with Gasteiger partial charge in [0, 0.05) is 32.2 Å². The molecule has 0 bridgehead atoms. The van der Waals surface area contributed by atoms with Gasteiger partial charge in [0.1, 0.15) is 0 Å². The molecule has 0 aromatic carbocycles. The van der Waals surface area contributed by atoms with Crippen molar-refractivity contribution in [2.24, 2.45) is 11.7 Å². The van der Waals surface area contributed by atoms with Gasteiger partial charge in [-0.15, -0.1) is 0 Å². The van der Waals surface area contributed by atoms with Gasteiger partial charge in [-0.05, 0) is 31.6 Å². The molecule has 0 aromatic rings. The SMILES string of the molecule is CC1CCCN(C(=O)NC2CCN(CC(N)=O)CC2)C1. The normalized spacial score (nSPS) is 25.4. The molecule has 3 N–H and O–H groups in total. The molecule has 2 heterocycles. The summed E-state index contributed by atoms with van der Waals surface area (Å²) in [5, 5.41) is 3.13. The first-order valence-corrected chi connectivity index (χ1v) is 7.60. The Bertz CT molecular complexity index is 353. The van der Waals surface area contributed by atoms with Crippen LogP contribution in [-0.2, 0) is 4.79 Å². The quantitative estimate of drug-likeness (QED) is 0.785. The van der Waals surface area contributed by atoms with Crippen molar-refractivity contribution in [3.05, 3.63) is 0 Å². The van der Waals surface area contributed by atoms with Gasteiger partial charge in [-0.3, -0.25) is 9.69 Å². The van der Waals surface area contributed by atoms with Crippen molar-refractivity contribution in [3.8, 4) is 0 Å². The largest absolute Gasteiger partial charge is 0.369 e. The number of nitrogens with one attached hydrogen (secondary N) is 1. The first-order valence-electron chi connectivity index (χ1n) is 7.60. The smallest absolute Gasteiger partial charge is 0.317 e. The van der Waals surface area contributed by atoms with E-state index in [1.807, 2.05) is 9.80 Å². The van der Waals surface area contributed by atoms with Crippen LogP contribution in [0.2, 0.25) is 0 Å². The van der Waals surface area contributed by atoms with Crippen LogP contribution in [0.4, 0.5) is 4.79 Å². The Morgan fingerprint density at radius 2 is 1.90 bits per heavy atom. The summed E-state index contributed by atoms with van der Waals surface area (Å²) in [6, 6.07) is 0.300. The van der Waals surface area contributed by atoms with Crippen molar-refractivity contribution in [1.29, 1.82) is 0 Å². The Kier molecular flexibility index (Phi) is 5.23. The summed E-state index contributed by atoms with van der Waals surface area (Å²) in [6.45, 7) is 5.91. The Morgan fingerprint density at radius 3 is 2.50 bits per heavy atom. The van der Waals surface area contributed by atoms with Crippen LogP contribution in [0.15, 0.2) is 0 Å². The summed E-state index contributed by atoms with van der Waals surface area (Å²) in [4.78, 5) is 27.1. The summed E-state index contributed by atoms with van der Waals surface area (Å²) in [6.07, 6.45) is 4.10. The van der Waals surface area contributed by atoms with Gasteiger partial charge in [0.2, 0.25) is 5.91 Å². The van der Waals surface area contributed by atoms with Gasteiger partial charge in [-0.2, -0.15) is 0 Å². The molecular formula is C14H26N4O2. The van der Waals surface area contributed by atoms with Crippen LogP contribution in [0.3, 0.4) is 0 Å². The van der Waals surface area contributed by atoms with Crippen molar-refractivity contribution in [3.63, 3.8) is 0 Å². The molecule has 2 saturated heterocycles. The van der Waals surface area contributed by atoms with E-state index in [4.69, 9.17) is 5.73 Å². The molecule has 1 unspecified atom stereocenters. The minimum atomic E-state index is -0.283. The zero-order valence-electron chi connectivity index (χ0n) is 12.3. The van der Waals surface area contributed by atoms with Crippen LogP contribution < -0.4 is 11.1 Å². The fourth-order valence-corrected chi connectivity index (χ4v) is 3.10. The van der Waals surface area contributed by atoms with Crippen LogP contribution >= 0.6 is 0 Å². The molecule has 0 radical (unpaired) electrons. The fourth-order valence-electron chi connectivity index (χ4n) is 3.10. The standard InChI is InChI=1S/C14H26N4O2/c1-11-3-2-6-18(9-11)14(20)16-12-4-7-17(8-5-12)10-13(15)19/h11-12H,2-10H2,1H3,(H2,15,19)(H,16,20). The lowest BCUT2D eigenvalue weighted by Gasteiger charge is -2.35. The van der Waals surface area contributed by atoms with Crippen LogP contribution in [0, 0.1) is 5.92 Å². The molecule has 6 nitrogen and oxygen atoms in total. The van der Waals surface area contributed by atoms with Gasteiger partial charge in [0.15, 0.2) is 0 Å². The Morgan fingerprint density at radius 1 is 1.20 bits per heavy atom. The van der Waals surface area contributed by atoms with Crippen molar-refractivity contribution in [1.82, 2.24) is 15.1 Å². The van der Waals surface area contributed by atoms with Gasteiger partial charge < -0.3 is 16.0 Å². The molecule has 2 aliphatic heterocycles. The van der Waals surface area contributed by atoms with Crippen molar-refractivity contribution in [2.75, 3.05) is 32.7 Å². The van der Waals surface area contributed by atoms with E-state index < -0.39 is 0 Å². The van der Waals surface area contributed by atoms with Gasteiger partial charge in [-0.1, -0.05) is 6.92 Å². The van der Waals surface area contributed by atoms with E-state index in [0.717, 1.165) is 45.4 Å². The number of urea groups is 1.